The molecule has 1 atom stereocenters. The fourth-order valence-electron chi connectivity index (χ4n) is 1.51. The molecule has 1 heterocycles. The number of nitrogens with zero attached hydrogens (tertiary/aromatic N) is 1. The second-order valence-electron chi connectivity index (χ2n) is 4.22. The second-order valence-corrected chi connectivity index (χ2v) is 4.22. The van der Waals surface area contributed by atoms with E-state index in [1.54, 1.807) is 24.3 Å². The molecule has 0 fully saturated rings. The van der Waals surface area contributed by atoms with Crippen molar-refractivity contribution in [3.8, 4) is 5.75 Å². The summed E-state index contributed by atoms with van der Waals surface area (Å²) in [6, 6.07) is 6.70. The number of carbonyl (C=O) groups excluding carboxylic acids is 1. The first-order valence-electron chi connectivity index (χ1n) is 6.25. The van der Waals surface area contributed by atoms with Gasteiger partial charge in [-0.25, -0.2) is 0 Å². The van der Waals surface area contributed by atoms with Gasteiger partial charge in [0, 0.05) is 18.0 Å². The van der Waals surface area contributed by atoms with Crippen LogP contribution in [-0.2, 0) is 4.79 Å². The Morgan fingerprint density at radius 1 is 1.48 bits per heavy atom. The number of benzene rings is 1. The van der Waals surface area contributed by atoms with Crippen molar-refractivity contribution in [2.45, 2.75) is 6.10 Å². The smallest absolute Gasteiger partial charge is 0.265 e. The van der Waals surface area contributed by atoms with E-state index >= 15 is 0 Å². The van der Waals surface area contributed by atoms with E-state index in [0.29, 0.717) is 11.4 Å². The average molecular weight is 286 g/mol. The zero-order valence-electron chi connectivity index (χ0n) is 11.1. The number of aliphatic imine (C=N–C) groups is 1. The van der Waals surface area contributed by atoms with Gasteiger partial charge in [-0.3, -0.25) is 9.79 Å². The van der Waals surface area contributed by atoms with Crippen molar-refractivity contribution >= 4 is 17.8 Å². The summed E-state index contributed by atoms with van der Waals surface area (Å²) in [6.45, 7) is -0.400. The SMILES string of the molecule is O=C(Nc1cccc(OC[C@H](O)CO)c1)C1=C=C=CN=C1. The van der Waals surface area contributed by atoms with Crippen LogP contribution in [0.3, 0.4) is 0 Å². The zero-order valence-corrected chi connectivity index (χ0v) is 11.1. The number of aliphatic hydroxyl groups is 2. The molecule has 108 valence electrons. The summed E-state index contributed by atoms with van der Waals surface area (Å²) in [6.07, 6.45) is 1.87. The van der Waals surface area contributed by atoms with Crippen LogP contribution in [0.25, 0.3) is 0 Å². The Morgan fingerprint density at radius 3 is 3.05 bits per heavy atom. The Hall–Kier alpha value is -2.62. The van der Waals surface area contributed by atoms with Gasteiger partial charge in [-0.15, -0.1) is 0 Å². The Balaban J connectivity index is 2.01. The summed E-state index contributed by atoms with van der Waals surface area (Å²) < 4.78 is 5.30. The minimum atomic E-state index is -0.941. The maximum atomic E-state index is 11.9. The average Bonchev–Trinajstić information content (AvgIpc) is 2.53. The third-order valence-electron chi connectivity index (χ3n) is 2.54. The minimum absolute atomic E-state index is 0.0285. The standard InChI is InChI=1S/C15H14N2O4/c18-9-13(19)10-21-14-5-1-4-12(7-14)17-15(20)11-3-2-6-16-8-11/h1,4-8,13,18-19H,9-10H2,(H,17,20)/t13-/m1/s1. The third-order valence-corrected chi connectivity index (χ3v) is 2.54. The topological polar surface area (TPSA) is 91.2 Å². The molecule has 0 bridgehead atoms. The maximum absolute atomic E-state index is 11.9. The number of rotatable bonds is 6. The van der Waals surface area contributed by atoms with Gasteiger partial charge in [0.05, 0.1) is 12.8 Å². The number of hydrogen-bond donors (Lipinski definition) is 3. The first-order valence-corrected chi connectivity index (χ1v) is 6.25. The predicted molar refractivity (Wildman–Crippen MR) is 77.3 cm³/mol. The van der Waals surface area contributed by atoms with Crippen LogP contribution in [0.2, 0.25) is 0 Å². The molecule has 1 amide bonds. The monoisotopic (exact) mass is 286 g/mol. The summed E-state index contributed by atoms with van der Waals surface area (Å²) in [5.74, 6) is 0.119. The molecule has 1 aliphatic rings. The molecule has 2 rings (SSSR count). The highest BCUT2D eigenvalue weighted by atomic mass is 16.5. The molecule has 1 aliphatic heterocycles. The lowest BCUT2D eigenvalue weighted by molar-refractivity contribution is -0.112. The van der Waals surface area contributed by atoms with Gasteiger partial charge in [-0.1, -0.05) is 11.8 Å². The number of ether oxygens (including phenoxy) is 1. The van der Waals surface area contributed by atoms with Crippen molar-refractivity contribution in [3.05, 3.63) is 47.5 Å². The highest BCUT2D eigenvalue weighted by molar-refractivity contribution is 6.17. The first-order chi connectivity index (χ1) is 10.2. The molecular formula is C15H14N2O4. The van der Waals surface area contributed by atoms with Crippen LogP contribution >= 0.6 is 0 Å². The lowest BCUT2D eigenvalue weighted by atomic mass is 10.2. The molecule has 0 saturated carbocycles. The molecule has 21 heavy (non-hydrogen) atoms. The second kappa shape index (κ2) is 7.24. The highest BCUT2D eigenvalue weighted by Crippen LogP contribution is 2.18. The molecule has 0 aliphatic carbocycles. The Labute approximate surface area is 121 Å². The number of amides is 1. The van der Waals surface area contributed by atoms with E-state index in [1.165, 1.54) is 12.4 Å². The van der Waals surface area contributed by atoms with Crippen LogP contribution in [0.1, 0.15) is 0 Å². The van der Waals surface area contributed by atoms with E-state index in [1.807, 2.05) is 0 Å². The molecule has 0 aromatic heterocycles. The molecule has 0 spiro atoms. The Bertz CT molecular complexity index is 653. The van der Waals surface area contributed by atoms with E-state index < -0.39 is 6.10 Å². The van der Waals surface area contributed by atoms with Crippen molar-refractivity contribution in [2.24, 2.45) is 4.99 Å². The van der Waals surface area contributed by atoms with E-state index in [9.17, 15) is 9.90 Å². The molecule has 6 nitrogen and oxygen atoms in total. The van der Waals surface area contributed by atoms with Crippen LogP contribution in [-0.4, -0.2) is 41.7 Å². The molecule has 0 radical (unpaired) electrons. The lowest BCUT2D eigenvalue weighted by Gasteiger charge is -2.11. The fourth-order valence-corrected chi connectivity index (χ4v) is 1.51. The molecule has 1 aromatic rings. The molecule has 6 heteroatoms. The van der Waals surface area contributed by atoms with Crippen LogP contribution in [0.15, 0.2) is 52.5 Å². The summed E-state index contributed by atoms with van der Waals surface area (Å²) in [4.78, 5) is 15.7. The zero-order chi connectivity index (χ0) is 15.1. The van der Waals surface area contributed by atoms with Crippen molar-refractivity contribution in [1.29, 1.82) is 0 Å². The van der Waals surface area contributed by atoms with E-state index in [0.717, 1.165) is 0 Å². The molecule has 0 saturated heterocycles. The summed E-state index contributed by atoms with van der Waals surface area (Å²) in [7, 11) is 0. The van der Waals surface area contributed by atoms with Crippen LogP contribution in [0.4, 0.5) is 5.69 Å². The van der Waals surface area contributed by atoms with E-state index in [-0.39, 0.29) is 24.7 Å². The first kappa shape index (κ1) is 14.8. The van der Waals surface area contributed by atoms with Crippen molar-refractivity contribution in [3.63, 3.8) is 0 Å². The normalized spacial score (nSPS) is 13.7. The minimum Gasteiger partial charge on any atom is -0.491 e. The Kier molecular flexibility index (Phi) is 5.10. The van der Waals surface area contributed by atoms with Gasteiger partial charge in [-0.2, -0.15) is 0 Å². The number of anilines is 1. The van der Waals surface area contributed by atoms with Gasteiger partial charge >= 0.3 is 0 Å². The van der Waals surface area contributed by atoms with Crippen LogP contribution in [0.5, 0.6) is 5.75 Å². The number of nitrogens with one attached hydrogen (secondary N) is 1. The molecular weight excluding hydrogens is 272 g/mol. The summed E-state index contributed by atoms with van der Waals surface area (Å²) in [5, 5.41) is 20.6. The van der Waals surface area contributed by atoms with Gasteiger partial charge in [0.2, 0.25) is 0 Å². The summed E-state index contributed by atoms with van der Waals surface area (Å²) in [5.41, 5.74) is 6.08. The maximum Gasteiger partial charge on any atom is 0.265 e. The van der Waals surface area contributed by atoms with Gasteiger partial charge < -0.3 is 20.3 Å². The number of carbonyl (C=O) groups is 1. The third kappa shape index (κ3) is 4.45. The van der Waals surface area contributed by atoms with Gasteiger partial charge in [-0.05, 0) is 17.9 Å². The predicted octanol–water partition coefficient (Wildman–Crippen LogP) is 0.636. The van der Waals surface area contributed by atoms with E-state index in [4.69, 9.17) is 9.84 Å². The van der Waals surface area contributed by atoms with Crippen LogP contribution in [0, 0.1) is 0 Å². The van der Waals surface area contributed by atoms with Crippen molar-refractivity contribution in [1.82, 2.24) is 0 Å². The molecule has 3 N–H and O–H groups in total. The summed E-state index contributed by atoms with van der Waals surface area (Å²) >= 11 is 0. The molecule has 0 unspecified atom stereocenters. The fraction of sp³-hybridized carbons (Fsp3) is 0.200. The highest BCUT2D eigenvalue weighted by Gasteiger charge is 2.09. The Morgan fingerprint density at radius 2 is 2.33 bits per heavy atom. The van der Waals surface area contributed by atoms with Gasteiger partial charge in [0.1, 0.15) is 24.0 Å². The van der Waals surface area contributed by atoms with Crippen molar-refractivity contribution in [2.75, 3.05) is 18.5 Å². The van der Waals surface area contributed by atoms with Gasteiger partial charge in [0.25, 0.3) is 5.91 Å². The van der Waals surface area contributed by atoms with E-state index in [2.05, 4.69) is 21.8 Å². The number of aliphatic hydroxyl groups excluding tert-OH is 2. The quantitative estimate of drug-likeness (QED) is 0.669. The van der Waals surface area contributed by atoms with Crippen molar-refractivity contribution < 1.29 is 19.7 Å². The number of hydrogen-bond acceptors (Lipinski definition) is 5. The van der Waals surface area contributed by atoms with Gasteiger partial charge in [0.15, 0.2) is 0 Å². The lowest BCUT2D eigenvalue weighted by Crippen LogP contribution is -2.21. The van der Waals surface area contributed by atoms with Crippen LogP contribution < -0.4 is 10.1 Å². The largest absolute Gasteiger partial charge is 0.491 e. The molecule has 1 aromatic carbocycles.